The summed E-state index contributed by atoms with van der Waals surface area (Å²) in [6.07, 6.45) is 10.3. The molecule has 4 aliphatic rings. The minimum Gasteiger partial charge on any atom is -0.439 e. The number of nitrogens with zero attached hydrogens (tertiary/aromatic N) is 1. The number of hydrogen-bond acceptors (Lipinski definition) is 3. The number of pyridine rings is 1. The molecule has 1 aromatic carbocycles. The zero-order valence-corrected chi connectivity index (χ0v) is 13.9. The molecule has 4 fully saturated rings. The van der Waals surface area contributed by atoms with Crippen LogP contribution in [0, 0.1) is 17.8 Å². The molecule has 4 aliphatic carbocycles. The summed E-state index contributed by atoms with van der Waals surface area (Å²) >= 11 is 0. The molecule has 2 N–H and O–H groups in total. The molecule has 4 bridgehead atoms. The molecule has 1 heterocycles. The molecular weight excluding hydrogens is 296 g/mol. The van der Waals surface area contributed by atoms with Crippen LogP contribution in [0.25, 0.3) is 0 Å². The third-order valence-electron chi connectivity index (χ3n) is 6.49. The molecule has 0 unspecified atom stereocenters. The largest absolute Gasteiger partial charge is 0.439 e. The van der Waals surface area contributed by atoms with Gasteiger partial charge in [0.1, 0.15) is 5.75 Å². The Bertz CT molecular complexity index is 700. The molecule has 0 spiro atoms. The van der Waals surface area contributed by atoms with Crippen LogP contribution in [0.1, 0.15) is 44.1 Å². The van der Waals surface area contributed by atoms with Gasteiger partial charge in [-0.15, -0.1) is 0 Å². The van der Waals surface area contributed by atoms with Crippen molar-refractivity contribution in [2.45, 2.75) is 43.9 Å². The Morgan fingerprint density at radius 1 is 0.875 bits per heavy atom. The summed E-state index contributed by atoms with van der Waals surface area (Å²) in [5, 5.41) is 0. The van der Waals surface area contributed by atoms with Crippen molar-refractivity contribution in [3.8, 4) is 11.6 Å². The molecule has 3 heteroatoms. The van der Waals surface area contributed by atoms with E-state index in [0.29, 0.717) is 17.0 Å². The fourth-order valence-corrected chi connectivity index (χ4v) is 5.91. The maximum atomic E-state index is 5.84. The number of aromatic nitrogens is 1. The lowest BCUT2D eigenvalue weighted by Crippen LogP contribution is -2.48. The van der Waals surface area contributed by atoms with E-state index in [9.17, 15) is 0 Å². The molecular formula is C21H24N2O. The highest BCUT2D eigenvalue weighted by molar-refractivity contribution is 5.39. The number of ether oxygens (including phenoxy) is 1. The Labute approximate surface area is 143 Å². The molecule has 4 saturated carbocycles. The summed E-state index contributed by atoms with van der Waals surface area (Å²) in [5.74, 6) is 4.37. The fourth-order valence-electron chi connectivity index (χ4n) is 5.91. The van der Waals surface area contributed by atoms with E-state index in [1.54, 1.807) is 6.20 Å². The third kappa shape index (κ3) is 2.38. The Hall–Kier alpha value is -2.03. The molecule has 24 heavy (non-hydrogen) atoms. The van der Waals surface area contributed by atoms with Crippen molar-refractivity contribution in [1.29, 1.82) is 0 Å². The first-order valence-corrected chi connectivity index (χ1v) is 9.18. The zero-order valence-electron chi connectivity index (χ0n) is 13.9. The van der Waals surface area contributed by atoms with Crippen molar-refractivity contribution >= 4 is 5.69 Å². The van der Waals surface area contributed by atoms with Gasteiger partial charge in [-0.3, -0.25) is 0 Å². The summed E-state index contributed by atoms with van der Waals surface area (Å²) in [4.78, 5) is 4.20. The molecule has 0 atom stereocenters. The maximum absolute atomic E-state index is 5.84. The smallest absolute Gasteiger partial charge is 0.219 e. The average Bonchev–Trinajstić information content (AvgIpc) is 2.56. The number of nitrogens with two attached hydrogens (primary N) is 1. The Morgan fingerprint density at radius 2 is 1.50 bits per heavy atom. The molecule has 6 rings (SSSR count). The lowest BCUT2D eigenvalue weighted by molar-refractivity contribution is -0.00519. The normalized spacial score (nSPS) is 33.6. The van der Waals surface area contributed by atoms with Crippen LogP contribution in [0.2, 0.25) is 0 Å². The first-order valence-electron chi connectivity index (χ1n) is 9.18. The van der Waals surface area contributed by atoms with E-state index in [2.05, 4.69) is 29.2 Å². The quantitative estimate of drug-likeness (QED) is 0.873. The minimum atomic E-state index is 0.451. The number of rotatable bonds is 3. The van der Waals surface area contributed by atoms with Gasteiger partial charge in [0.25, 0.3) is 0 Å². The van der Waals surface area contributed by atoms with Gasteiger partial charge in [0.2, 0.25) is 5.88 Å². The van der Waals surface area contributed by atoms with Crippen LogP contribution in [0.15, 0.2) is 42.6 Å². The summed E-state index contributed by atoms with van der Waals surface area (Å²) in [5.41, 5.74) is 8.30. The van der Waals surface area contributed by atoms with Crippen LogP contribution < -0.4 is 10.5 Å². The van der Waals surface area contributed by atoms with Crippen LogP contribution in [-0.4, -0.2) is 4.98 Å². The van der Waals surface area contributed by atoms with Gasteiger partial charge in [0.15, 0.2) is 0 Å². The lowest BCUT2D eigenvalue weighted by atomic mass is 9.48. The Morgan fingerprint density at radius 3 is 2.04 bits per heavy atom. The van der Waals surface area contributed by atoms with Crippen LogP contribution in [0.3, 0.4) is 0 Å². The van der Waals surface area contributed by atoms with E-state index in [1.807, 2.05) is 12.1 Å². The van der Waals surface area contributed by atoms with Crippen molar-refractivity contribution in [2.24, 2.45) is 17.8 Å². The lowest BCUT2D eigenvalue weighted by Gasteiger charge is -2.57. The van der Waals surface area contributed by atoms with Gasteiger partial charge in [0.05, 0.1) is 11.9 Å². The van der Waals surface area contributed by atoms with E-state index in [0.717, 1.165) is 23.5 Å². The summed E-state index contributed by atoms with van der Waals surface area (Å²) in [7, 11) is 0. The predicted molar refractivity (Wildman–Crippen MR) is 95.0 cm³/mol. The van der Waals surface area contributed by atoms with Crippen LogP contribution in [0.4, 0.5) is 5.69 Å². The van der Waals surface area contributed by atoms with E-state index in [1.165, 1.54) is 44.1 Å². The number of anilines is 1. The van der Waals surface area contributed by atoms with Crippen molar-refractivity contribution in [3.63, 3.8) is 0 Å². The van der Waals surface area contributed by atoms with Gasteiger partial charge in [-0.1, -0.05) is 12.1 Å². The van der Waals surface area contributed by atoms with Gasteiger partial charge in [-0.05, 0) is 85.5 Å². The van der Waals surface area contributed by atoms with Gasteiger partial charge in [-0.2, -0.15) is 0 Å². The van der Waals surface area contributed by atoms with Gasteiger partial charge in [0, 0.05) is 6.07 Å². The average molecular weight is 320 g/mol. The minimum absolute atomic E-state index is 0.451. The highest BCUT2D eigenvalue weighted by Gasteiger charge is 2.51. The van der Waals surface area contributed by atoms with Crippen molar-refractivity contribution in [3.05, 3.63) is 48.2 Å². The molecule has 124 valence electrons. The van der Waals surface area contributed by atoms with Crippen LogP contribution >= 0.6 is 0 Å². The molecule has 0 radical (unpaired) electrons. The summed E-state index contributed by atoms with van der Waals surface area (Å²) in [6.45, 7) is 0. The Kier molecular flexibility index (Phi) is 3.12. The molecule has 2 aromatic rings. The highest BCUT2D eigenvalue weighted by atomic mass is 16.5. The van der Waals surface area contributed by atoms with Crippen molar-refractivity contribution < 1.29 is 4.74 Å². The zero-order chi connectivity index (χ0) is 16.1. The van der Waals surface area contributed by atoms with Crippen molar-refractivity contribution in [2.75, 3.05) is 5.73 Å². The maximum Gasteiger partial charge on any atom is 0.219 e. The monoisotopic (exact) mass is 320 g/mol. The molecule has 3 nitrogen and oxygen atoms in total. The number of benzene rings is 1. The van der Waals surface area contributed by atoms with Crippen LogP contribution in [0.5, 0.6) is 11.6 Å². The molecule has 0 amide bonds. The second-order valence-electron chi connectivity index (χ2n) is 8.25. The van der Waals surface area contributed by atoms with Gasteiger partial charge in [-0.25, -0.2) is 4.98 Å². The van der Waals surface area contributed by atoms with E-state index in [4.69, 9.17) is 10.5 Å². The SMILES string of the molecule is Nc1ccc(Oc2ccc(C34CC5CC(CC(C5)C3)C4)cc2)nc1. The topological polar surface area (TPSA) is 48.1 Å². The number of hydrogen-bond donors (Lipinski definition) is 1. The second kappa shape index (κ2) is 5.23. The summed E-state index contributed by atoms with van der Waals surface area (Å²) < 4.78 is 5.84. The molecule has 1 aromatic heterocycles. The standard InChI is InChI=1S/C21H24N2O/c22-18-3-6-20(23-13-18)24-19-4-1-17(2-5-19)21-10-14-7-15(11-21)9-16(8-14)12-21/h1-6,13-16H,7-12,22H2. The van der Waals surface area contributed by atoms with E-state index < -0.39 is 0 Å². The van der Waals surface area contributed by atoms with Gasteiger partial charge >= 0.3 is 0 Å². The first kappa shape index (κ1) is 14.3. The first-order chi connectivity index (χ1) is 11.7. The van der Waals surface area contributed by atoms with Crippen LogP contribution in [-0.2, 0) is 5.41 Å². The van der Waals surface area contributed by atoms with E-state index >= 15 is 0 Å². The predicted octanol–water partition coefficient (Wildman–Crippen LogP) is 4.92. The number of nitrogen functional groups attached to an aromatic ring is 1. The molecule has 0 aliphatic heterocycles. The highest BCUT2D eigenvalue weighted by Crippen LogP contribution is 2.60. The van der Waals surface area contributed by atoms with Crippen molar-refractivity contribution in [1.82, 2.24) is 4.98 Å². The fraction of sp³-hybridized carbons (Fsp3) is 0.476. The third-order valence-corrected chi connectivity index (χ3v) is 6.49. The molecule has 0 saturated heterocycles. The second-order valence-corrected chi connectivity index (χ2v) is 8.25. The van der Waals surface area contributed by atoms with E-state index in [-0.39, 0.29) is 0 Å². The van der Waals surface area contributed by atoms with Gasteiger partial charge < -0.3 is 10.5 Å². The Balaban J connectivity index is 1.37. The summed E-state index contributed by atoms with van der Waals surface area (Å²) in [6, 6.07) is 12.4.